The van der Waals surface area contributed by atoms with Gasteiger partial charge in [0.2, 0.25) is 0 Å². The van der Waals surface area contributed by atoms with Gasteiger partial charge in [0.05, 0.1) is 0 Å². The Hall–Kier alpha value is -1.26. The van der Waals surface area contributed by atoms with Crippen LogP contribution in [-0.2, 0) is 4.79 Å². The maximum absolute atomic E-state index is 12.3. The van der Waals surface area contributed by atoms with Crippen molar-refractivity contribution in [2.24, 2.45) is 5.92 Å². The first-order valence-electron chi connectivity index (χ1n) is 7.23. The summed E-state index contributed by atoms with van der Waals surface area (Å²) in [5.41, 5.74) is 0. The van der Waals surface area contributed by atoms with Gasteiger partial charge < -0.3 is 14.9 Å². The average Bonchev–Trinajstić information content (AvgIpc) is 2.85. The molecule has 0 aliphatic carbocycles. The molecule has 5 heteroatoms. The summed E-state index contributed by atoms with van der Waals surface area (Å²) in [6.45, 7) is 5.65. The van der Waals surface area contributed by atoms with Gasteiger partial charge >= 0.3 is 12.0 Å². The van der Waals surface area contributed by atoms with Gasteiger partial charge in [0, 0.05) is 32.6 Å². The maximum atomic E-state index is 12.3. The van der Waals surface area contributed by atoms with E-state index in [-0.39, 0.29) is 12.5 Å². The van der Waals surface area contributed by atoms with Crippen LogP contribution in [0.1, 0.15) is 46.0 Å². The number of nitrogens with zero attached hydrogens (tertiary/aromatic N) is 2. The van der Waals surface area contributed by atoms with Crippen molar-refractivity contribution < 1.29 is 14.7 Å². The summed E-state index contributed by atoms with van der Waals surface area (Å²) < 4.78 is 0. The van der Waals surface area contributed by atoms with Crippen LogP contribution < -0.4 is 0 Å². The molecule has 1 unspecified atom stereocenters. The van der Waals surface area contributed by atoms with E-state index in [1.807, 2.05) is 16.8 Å². The number of carbonyl (C=O) groups is 2. The Morgan fingerprint density at radius 2 is 2.00 bits per heavy atom. The Bertz CT molecular complexity index is 316. The summed E-state index contributed by atoms with van der Waals surface area (Å²) in [6.07, 6.45) is 3.74. The lowest BCUT2D eigenvalue weighted by molar-refractivity contribution is -0.137. The first-order valence-corrected chi connectivity index (χ1v) is 7.23. The fourth-order valence-corrected chi connectivity index (χ4v) is 2.79. The van der Waals surface area contributed by atoms with E-state index in [1.54, 1.807) is 0 Å². The highest BCUT2D eigenvalue weighted by Crippen LogP contribution is 2.22. The summed E-state index contributed by atoms with van der Waals surface area (Å²) in [6, 6.07) is 0.386. The second-order valence-electron chi connectivity index (χ2n) is 5.40. The van der Waals surface area contributed by atoms with Gasteiger partial charge in [-0.2, -0.15) is 0 Å². The zero-order valence-electron chi connectivity index (χ0n) is 12.3. The molecule has 19 heavy (non-hydrogen) atoms. The molecular weight excluding hydrogens is 244 g/mol. The van der Waals surface area contributed by atoms with E-state index < -0.39 is 5.97 Å². The number of hydrogen-bond acceptors (Lipinski definition) is 2. The van der Waals surface area contributed by atoms with E-state index in [9.17, 15) is 9.59 Å². The molecule has 0 spiro atoms. The Morgan fingerprint density at radius 1 is 1.37 bits per heavy atom. The standard InChI is InChI=1S/C14H26N2O3/c1-4-12(5-2)15(3)14(19)16-9-8-11(10-16)6-7-13(17)18/h11-12H,4-10H2,1-3H3,(H,17,18). The summed E-state index contributed by atoms with van der Waals surface area (Å²) in [5, 5.41) is 8.68. The molecule has 2 amide bonds. The number of carbonyl (C=O) groups excluding carboxylic acids is 1. The van der Waals surface area contributed by atoms with Gasteiger partial charge in [-0.3, -0.25) is 4.79 Å². The molecule has 0 aromatic rings. The summed E-state index contributed by atoms with van der Waals surface area (Å²) >= 11 is 0. The largest absolute Gasteiger partial charge is 0.481 e. The normalized spacial score (nSPS) is 18.9. The quantitative estimate of drug-likeness (QED) is 0.806. The summed E-state index contributed by atoms with van der Waals surface area (Å²) in [5.74, 6) is -0.408. The molecule has 0 aromatic heterocycles. The van der Waals surface area contributed by atoms with Crippen molar-refractivity contribution >= 4 is 12.0 Å². The predicted octanol–water partition coefficient (Wildman–Crippen LogP) is 2.41. The van der Waals surface area contributed by atoms with Gasteiger partial charge in [-0.05, 0) is 31.6 Å². The van der Waals surface area contributed by atoms with Crippen molar-refractivity contribution in [1.82, 2.24) is 9.80 Å². The van der Waals surface area contributed by atoms with Gasteiger partial charge in [0.15, 0.2) is 0 Å². The van der Waals surface area contributed by atoms with Crippen LogP contribution in [0.15, 0.2) is 0 Å². The van der Waals surface area contributed by atoms with Gasteiger partial charge in [0.25, 0.3) is 0 Å². The van der Waals surface area contributed by atoms with Crippen molar-refractivity contribution in [3.05, 3.63) is 0 Å². The zero-order valence-corrected chi connectivity index (χ0v) is 12.3. The van der Waals surface area contributed by atoms with Gasteiger partial charge in [-0.15, -0.1) is 0 Å². The molecule has 0 bridgehead atoms. The zero-order chi connectivity index (χ0) is 14.4. The smallest absolute Gasteiger partial charge is 0.319 e. The average molecular weight is 270 g/mol. The molecule has 5 nitrogen and oxygen atoms in total. The Kier molecular flexibility index (Phi) is 6.12. The number of carboxylic acid groups (broad SMARTS) is 1. The molecular formula is C14H26N2O3. The van der Waals surface area contributed by atoms with Crippen molar-refractivity contribution in [3.63, 3.8) is 0 Å². The third-order valence-electron chi connectivity index (χ3n) is 4.11. The highest BCUT2D eigenvalue weighted by molar-refractivity contribution is 5.74. The van der Waals surface area contributed by atoms with E-state index in [2.05, 4.69) is 13.8 Å². The van der Waals surface area contributed by atoms with E-state index >= 15 is 0 Å². The van der Waals surface area contributed by atoms with Crippen molar-refractivity contribution in [2.75, 3.05) is 20.1 Å². The number of aliphatic carboxylic acids is 1. The lowest BCUT2D eigenvalue weighted by Gasteiger charge is -2.30. The van der Waals surface area contributed by atoms with E-state index in [0.29, 0.717) is 24.9 Å². The maximum Gasteiger partial charge on any atom is 0.319 e. The Labute approximate surface area is 115 Å². The first kappa shape index (κ1) is 15.8. The lowest BCUT2D eigenvalue weighted by atomic mass is 10.0. The Balaban J connectivity index is 2.45. The summed E-state index contributed by atoms with van der Waals surface area (Å²) in [7, 11) is 1.87. The molecule has 1 N–H and O–H groups in total. The third kappa shape index (κ3) is 4.40. The number of amides is 2. The monoisotopic (exact) mass is 270 g/mol. The van der Waals surface area contributed by atoms with Crippen molar-refractivity contribution in [2.45, 2.75) is 52.0 Å². The van der Waals surface area contributed by atoms with Crippen LogP contribution in [0.25, 0.3) is 0 Å². The van der Waals surface area contributed by atoms with Crippen LogP contribution in [0.4, 0.5) is 4.79 Å². The van der Waals surface area contributed by atoms with Crippen LogP contribution in [-0.4, -0.2) is 53.1 Å². The van der Waals surface area contributed by atoms with Gasteiger partial charge in [-0.25, -0.2) is 4.79 Å². The van der Waals surface area contributed by atoms with Gasteiger partial charge in [-0.1, -0.05) is 13.8 Å². The number of carboxylic acids is 1. The first-order chi connectivity index (χ1) is 8.99. The van der Waals surface area contributed by atoms with E-state index in [1.165, 1.54) is 0 Å². The number of likely N-dealkylation sites (tertiary alicyclic amines) is 1. The van der Waals surface area contributed by atoms with Crippen LogP contribution in [0.2, 0.25) is 0 Å². The molecule has 1 heterocycles. The SMILES string of the molecule is CCC(CC)N(C)C(=O)N1CCC(CCC(=O)O)C1. The predicted molar refractivity (Wildman–Crippen MR) is 74.1 cm³/mol. The molecule has 0 saturated carbocycles. The van der Waals surface area contributed by atoms with Crippen LogP contribution in [0.5, 0.6) is 0 Å². The fraction of sp³-hybridized carbons (Fsp3) is 0.857. The second-order valence-corrected chi connectivity index (χ2v) is 5.40. The highest BCUT2D eigenvalue weighted by Gasteiger charge is 2.29. The molecule has 110 valence electrons. The lowest BCUT2D eigenvalue weighted by Crippen LogP contribution is -2.44. The number of hydrogen-bond donors (Lipinski definition) is 1. The topological polar surface area (TPSA) is 60.9 Å². The molecule has 1 saturated heterocycles. The highest BCUT2D eigenvalue weighted by atomic mass is 16.4. The molecule has 0 aromatic carbocycles. The second kappa shape index (κ2) is 7.36. The van der Waals surface area contributed by atoms with Crippen molar-refractivity contribution in [3.8, 4) is 0 Å². The van der Waals surface area contributed by atoms with Crippen LogP contribution >= 0.6 is 0 Å². The molecule has 1 aliphatic rings. The molecule has 1 atom stereocenters. The summed E-state index contributed by atoms with van der Waals surface area (Å²) in [4.78, 5) is 26.6. The molecule has 0 radical (unpaired) electrons. The van der Waals surface area contributed by atoms with Gasteiger partial charge in [0.1, 0.15) is 0 Å². The van der Waals surface area contributed by atoms with Crippen molar-refractivity contribution in [1.29, 1.82) is 0 Å². The van der Waals surface area contributed by atoms with Crippen LogP contribution in [0, 0.1) is 5.92 Å². The molecule has 1 rings (SSSR count). The Morgan fingerprint density at radius 3 is 2.53 bits per heavy atom. The number of rotatable bonds is 6. The fourth-order valence-electron chi connectivity index (χ4n) is 2.79. The van der Waals surface area contributed by atoms with E-state index in [4.69, 9.17) is 5.11 Å². The number of urea groups is 1. The van der Waals surface area contributed by atoms with Crippen LogP contribution in [0.3, 0.4) is 0 Å². The third-order valence-corrected chi connectivity index (χ3v) is 4.11. The minimum Gasteiger partial charge on any atom is -0.481 e. The molecule has 1 fully saturated rings. The van der Waals surface area contributed by atoms with E-state index in [0.717, 1.165) is 25.8 Å². The minimum atomic E-state index is -0.751. The minimum absolute atomic E-state index is 0.0894. The molecule has 1 aliphatic heterocycles.